The van der Waals surface area contributed by atoms with Crippen LogP contribution in [0, 0.1) is 11.7 Å². The fourth-order valence-electron chi connectivity index (χ4n) is 3.97. The molecule has 0 bridgehead atoms. The van der Waals surface area contributed by atoms with Gasteiger partial charge in [0, 0.05) is 11.6 Å². The van der Waals surface area contributed by atoms with Gasteiger partial charge < -0.3 is 14.6 Å². The number of hydrogen-bond donors (Lipinski definition) is 1. The van der Waals surface area contributed by atoms with Crippen molar-refractivity contribution in [3.8, 4) is 11.5 Å². The van der Waals surface area contributed by atoms with Gasteiger partial charge in [0.2, 0.25) is 0 Å². The summed E-state index contributed by atoms with van der Waals surface area (Å²) in [5.41, 5.74) is 1.90. The summed E-state index contributed by atoms with van der Waals surface area (Å²) in [5, 5.41) is 11.0. The first kappa shape index (κ1) is 19.6. The fourth-order valence-corrected chi connectivity index (χ4v) is 3.97. The van der Waals surface area contributed by atoms with Crippen molar-refractivity contribution in [1.29, 1.82) is 0 Å². The van der Waals surface area contributed by atoms with E-state index in [4.69, 9.17) is 9.47 Å². The minimum atomic E-state index is -0.585. The maximum Gasteiger partial charge on any atom is 0.166 e. The lowest BCUT2D eigenvalue weighted by molar-refractivity contribution is 0.0456. The molecule has 0 aliphatic carbocycles. The maximum absolute atomic E-state index is 13.1. The Morgan fingerprint density at radius 2 is 1.70 bits per heavy atom. The van der Waals surface area contributed by atoms with Crippen LogP contribution in [-0.2, 0) is 0 Å². The van der Waals surface area contributed by atoms with E-state index in [2.05, 4.69) is 11.8 Å². The summed E-state index contributed by atoms with van der Waals surface area (Å²) in [4.78, 5) is 2.39. The second-order valence-corrected chi connectivity index (χ2v) is 7.13. The molecule has 1 heterocycles. The first-order valence-electron chi connectivity index (χ1n) is 9.43. The van der Waals surface area contributed by atoms with E-state index in [-0.39, 0.29) is 17.8 Å². The van der Waals surface area contributed by atoms with Crippen LogP contribution in [-0.4, -0.2) is 37.3 Å². The Kier molecular flexibility index (Phi) is 6.34. The SMILES string of the molecule is COc1cccc([C@H](O)C2CCN(C(C)c3ccc(F)cc3)CC2)c1OC. The molecule has 0 amide bonds. The summed E-state index contributed by atoms with van der Waals surface area (Å²) in [7, 11) is 3.20. The normalized spacial score (nSPS) is 18.1. The molecule has 2 aromatic rings. The molecule has 0 spiro atoms. The molecule has 2 aromatic carbocycles. The van der Waals surface area contributed by atoms with E-state index in [1.54, 1.807) is 14.2 Å². The van der Waals surface area contributed by atoms with Crippen molar-refractivity contribution in [1.82, 2.24) is 4.90 Å². The van der Waals surface area contributed by atoms with Crippen molar-refractivity contribution in [2.24, 2.45) is 5.92 Å². The van der Waals surface area contributed by atoms with Gasteiger partial charge >= 0.3 is 0 Å². The molecule has 1 N–H and O–H groups in total. The highest BCUT2D eigenvalue weighted by atomic mass is 19.1. The topological polar surface area (TPSA) is 41.9 Å². The summed E-state index contributed by atoms with van der Waals surface area (Å²) in [6, 6.07) is 12.6. The third-order valence-electron chi connectivity index (χ3n) is 5.67. The van der Waals surface area contributed by atoms with Crippen LogP contribution < -0.4 is 9.47 Å². The summed E-state index contributed by atoms with van der Waals surface area (Å²) in [6.07, 6.45) is 1.21. The van der Waals surface area contributed by atoms with E-state index in [1.807, 2.05) is 30.3 Å². The maximum atomic E-state index is 13.1. The minimum absolute atomic E-state index is 0.169. The van der Waals surface area contributed by atoms with Crippen molar-refractivity contribution < 1.29 is 19.0 Å². The second-order valence-electron chi connectivity index (χ2n) is 7.13. The zero-order valence-electron chi connectivity index (χ0n) is 16.2. The van der Waals surface area contributed by atoms with Crippen molar-refractivity contribution in [2.75, 3.05) is 27.3 Å². The van der Waals surface area contributed by atoms with Crippen molar-refractivity contribution in [3.05, 3.63) is 59.4 Å². The average molecular weight is 373 g/mol. The van der Waals surface area contributed by atoms with Gasteiger partial charge in [0.15, 0.2) is 11.5 Å². The first-order valence-corrected chi connectivity index (χ1v) is 9.43. The van der Waals surface area contributed by atoms with Gasteiger partial charge in [-0.05, 0) is 62.5 Å². The third-order valence-corrected chi connectivity index (χ3v) is 5.67. The Morgan fingerprint density at radius 3 is 2.30 bits per heavy atom. The molecule has 0 radical (unpaired) electrons. The largest absolute Gasteiger partial charge is 0.493 e. The Morgan fingerprint density at radius 1 is 1.04 bits per heavy atom. The quantitative estimate of drug-likeness (QED) is 0.817. The van der Waals surface area contributed by atoms with Crippen LogP contribution in [0.2, 0.25) is 0 Å². The van der Waals surface area contributed by atoms with Crippen molar-refractivity contribution in [2.45, 2.75) is 31.9 Å². The minimum Gasteiger partial charge on any atom is -0.493 e. The Balaban J connectivity index is 1.66. The molecule has 146 valence electrons. The number of piperidine rings is 1. The van der Waals surface area contributed by atoms with Crippen LogP contribution in [0.25, 0.3) is 0 Å². The molecule has 1 aliphatic heterocycles. The molecule has 1 fully saturated rings. The van der Waals surface area contributed by atoms with Crippen LogP contribution in [0.1, 0.15) is 43.0 Å². The summed E-state index contributed by atoms with van der Waals surface area (Å²) in [6.45, 7) is 3.94. The van der Waals surface area contributed by atoms with Gasteiger partial charge in [0.1, 0.15) is 5.82 Å². The fraction of sp³-hybridized carbons (Fsp3) is 0.455. The Labute approximate surface area is 160 Å². The standard InChI is InChI=1S/C22H28FNO3/c1-15(16-7-9-18(23)10-8-16)24-13-11-17(12-14-24)21(25)19-5-4-6-20(26-2)22(19)27-3/h4-10,15,17,21,25H,11-14H2,1-3H3/t15?,21-/m1/s1. The average Bonchev–Trinajstić information content (AvgIpc) is 2.72. The van der Waals surface area contributed by atoms with Gasteiger partial charge in [0.05, 0.1) is 20.3 Å². The third kappa shape index (κ3) is 4.25. The van der Waals surface area contributed by atoms with Crippen LogP contribution in [0.5, 0.6) is 11.5 Å². The number of nitrogens with zero attached hydrogens (tertiary/aromatic N) is 1. The number of rotatable bonds is 6. The lowest BCUT2D eigenvalue weighted by Gasteiger charge is -2.38. The van der Waals surface area contributed by atoms with E-state index in [1.165, 1.54) is 12.1 Å². The van der Waals surface area contributed by atoms with Gasteiger partial charge in [0.25, 0.3) is 0 Å². The van der Waals surface area contributed by atoms with Crippen LogP contribution in [0.15, 0.2) is 42.5 Å². The van der Waals surface area contributed by atoms with E-state index < -0.39 is 6.10 Å². The molecule has 0 saturated carbocycles. The highest BCUT2D eigenvalue weighted by Gasteiger charge is 2.30. The van der Waals surface area contributed by atoms with E-state index in [0.717, 1.165) is 37.1 Å². The predicted octanol–water partition coefficient (Wildman–Crippen LogP) is 4.35. The lowest BCUT2D eigenvalue weighted by atomic mass is 9.86. The highest BCUT2D eigenvalue weighted by Crippen LogP contribution is 2.40. The van der Waals surface area contributed by atoms with E-state index >= 15 is 0 Å². The lowest BCUT2D eigenvalue weighted by Crippen LogP contribution is -2.37. The Hall–Kier alpha value is -2.11. The second kappa shape index (κ2) is 8.72. The number of benzene rings is 2. The predicted molar refractivity (Wildman–Crippen MR) is 104 cm³/mol. The zero-order chi connectivity index (χ0) is 19.4. The van der Waals surface area contributed by atoms with Crippen LogP contribution in [0.3, 0.4) is 0 Å². The number of aliphatic hydroxyl groups excluding tert-OH is 1. The number of likely N-dealkylation sites (tertiary alicyclic amines) is 1. The van der Waals surface area contributed by atoms with Gasteiger partial charge in [-0.15, -0.1) is 0 Å². The number of ether oxygens (including phenoxy) is 2. The smallest absolute Gasteiger partial charge is 0.166 e. The first-order chi connectivity index (χ1) is 13.0. The molecular formula is C22H28FNO3. The van der Waals surface area contributed by atoms with E-state index in [0.29, 0.717) is 11.5 Å². The molecule has 1 aliphatic rings. The molecule has 3 rings (SSSR count). The number of aliphatic hydroxyl groups is 1. The molecule has 1 saturated heterocycles. The van der Waals surface area contributed by atoms with Gasteiger partial charge in [-0.1, -0.05) is 24.3 Å². The Bertz CT molecular complexity index is 742. The highest BCUT2D eigenvalue weighted by molar-refractivity contribution is 5.47. The van der Waals surface area contributed by atoms with Gasteiger partial charge in [-0.25, -0.2) is 4.39 Å². The van der Waals surface area contributed by atoms with Crippen molar-refractivity contribution in [3.63, 3.8) is 0 Å². The molecule has 5 heteroatoms. The number of methoxy groups -OCH3 is 2. The number of halogens is 1. The summed E-state index contributed by atoms with van der Waals surface area (Å²) < 4.78 is 24.0. The van der Waals surface area contributed by atoms with Crippen molar-refractivity contribution >= 4 is 0 Å². The van der Waals surface area contributed by atoms with Gasteiger partial charge in [-0.2, -0.15) is 0 Å². The van der Waals surface area contributed by atoms with Crippen LogP contribution >= 0.6 is 0 Å². The molecule has 4 nitrogen and oxygen atoms in total. The zero-order valence-corrected chi connectivity index (χ0v) is 16.2. The van der Waals surface area contributed by atoms with Gasteiger partial charge in [-0.3, -0.25) is 4.90 Å². The molecule has 2 atom stereocenters. The number of para-hydroxylation sites is 1. The van der Waals surface area contributed by atoms with Crippen LogP contribution in [0.4, 0.5) is 4.39 Å². The summed E-state index contributed by atoms with van der Waals surface area (Å²) >= 11 is 0. The van der Waals surface area contributed by atoms with E-state index in [9.17, 15) is 9.50 Å². The monoisotopic (exact) mass is 373 g/mol. The molecule has 0 aromatic heterocycles. The molecule has 1 unspecified atom stereocenters. The molecule has 27 heavy (non-hydrogen) atoms. The summed E-state index contributed by atoms with van der Waals surface area (Å²) in [5.74, 6) is 1.20. The number of hydrogen-bond acceptors (Lipinski definition) is 4. The molecular weight excluding hydrogens is 345 g/mol.